The minimum absolute atomic E-state index is 0.0376. The predicted molar refractivity (Wildman–Crippen MR) is 125 cm³/mol. The number of ketones is 1. The number of thioether (sulfide) groups is 1. The summed E-state index contributed by atoms with van der Waals surface area (Å²) in [4.78, 5) is 45.0. The van der Waals surface area contributed by atoms with Crippen molar-refractivity contribution in [3.63, 3.8) is 0 Å². The van der Waals surface area contributed by atoms with Crippen LogP contribution in [0.5, 0.6) is 0 Å². The van der Waals surface area contributed by atoms with Crippen LogP contribution in [0.25, 0.3) is 10.2 Å². The zero-order valence-electron chi connectivity index (χ0n) is 17.8. The molecule has 3 aromatic rings. The van der Waals surface area contributed by atoms with E-state index in [0.29, 0.717) is 59.3 Å². The quantitative estimate of drug-likeness (QED) is 0.310. The zero-order valence-corrected chi connectivity index (χ0v) is 19.5. The Balaban J connectivity index is 1.38. The highest BCUT2D eigenvalue weighted by atomic mass is 32.2. The lowest BCUT2D eigenvalue weighted by Gasteiger charge is -2.36. The molecule has 2 aromatic heterocycles. The summed E-state index contributed by atoms with van der Waals surface area (Å²) in [5.74, 6) is -0.460. The van der Waals surface area contributed by atoms with Crippen molar-refractivity contribution in [2.24, 2.45) is 0 Å². The normalized spacial score (nSPS) is 14.2. The van der Waals surface area contributed by atoms with Crippen LogP contribution in [0.15, 0.2) is 39.6 Å². The van der Waals surface area contributed by atoms with Gasteiger partial charge in [0.2, 0.25) is 5.91 Å². The molecule has 1 aliphatic heterocycles. The summed E-state index contributed by atoms with van der Waals surface area (Å²) in [5, 5.41) is 2.39. The highest BCUT2D eigenvalue weighted by molar-refractivity contribution is 7.99. The Morgan fingerprint density at radius 1 is 1.19 bits per heavy atom. The number of halogens is 1. The maximum atomic E-state index is 14.4. The number of amides is 1. The van der Waals surface area contributed by atoms with E-state index in [1.54, 1.807) is 21.6 Å². The Kier molecular flexibility index (Phi) is 6.61. The van der Waals surface area contributed by atoms with Crippen LogP contribution >= 0.6 is 23.1 Å². The number of benzene rings is 1. The van der Waals surface area contributed by atoms with Gasteiger partial charge in [-0.15, -0.1) is 11.3 Å². The molecule has 0 N–H and O–H groups in total. The highest BCUT2D eigenvalue weighted by Crippen LogP contribution is 2.24. The molecule has 0 radical (unpaired) electrons. The van der Waals surface area contributed by atoms with Gasteiger partial charge in [0, 0.05) is 38.3 Å². The van der Waals surface area contributed by atoms with Crippen molar-refractivity contribution < 1.29 is 14.0 Å². The molecular formula is C22H23FN4O3S2. The standard InChI is InChI=1S/C22H23FN4O3S2/c1-3-27-21(30)20-17(6-11-31-20)24-22(27)32-13-19(29)26-9-7-25(8-10-26)18-5-4-15(14(2)28)12-16(18)23/h4-6,11-12H,3,7-10,13H2,1-2H3. The van der Waals surface area contributed by atoms with Gasteiger partial charge in [-0.25, -0.2) is 9.37 Å². The average molecular weight is 475 g/mol. The van der Waals surface area contributed by atoms with E-state index < -0.39 is 5.82 Å². The van der Waals surface area contributed by atoms with E-state index in [1.807, 2.05) is 23.3 Å². The number of aromatic nitrogens is 2. The van der Waals surface area contributed by atoms with Crippen LogP contribution in [0.2, 0.25) is 0 Å². The summed E-state index contributed by atoms with van der Waals surface area (Å²) >= 11 is 2.64. The van der Waals surface area contributed by atoms with Crippen LogP contribution in [-0.4, -0.2) is 58.1 Å². The van der Waals surface area contributed by atoms with Gasteiger partial charge in [0.1, 0.15) is 10.5 Å². The molecule has 4 rings (SSSR count). The minimum Gasteiger partial charge on any atom is -0.366 e. The number of hydrogen-bond donors (Lipinski definition) is 0. The SMILES string of the molecule is CCn1c(SCC(=O)N2CCN(c3ccc(C(C)=O)cc3F)CC2)nc2ccsc2c1=O. The Morgan fingerprint density at radius 3 is 2.59 bits per heavy atom. The van der Waals surface area contributed by atoms with Crippen LogP contribution in [0.4, 0.5) is 10.1 Å². The molecule has 7 nitrogen and oxygen atoms in total. The fraction of sp³-hybridized carbons (Fsp3) is 0.364. The molecular weight excluding hydrogens is 451 g/mol. The first-order valence-electron chi connectivity index (χ1n) is 10.3. The fourth-order valence-electron chi connectivity index (χ4n) is 3.71. The van der Waals surface area contributed by atoms with Crippen molar-refractivity contribution in [2.75, 3.05) is 36.8 Å². The second kappa shape index (κ2) is 9.41. The summed E-state index contributed by atoms with van der Waals surface area (Å²) in [6.45, 7) is 5.75. The van der Waals surface area contributed by atoms with Crippen molar-refractivity contribution in [3.05, 3.63) is 51.4 Å². The van der Waals surface area contributed by atoms with Gasteiger partial charge in [-0.2, -0.15) is 0 Å². The van der Waals surface area contributed by atoms with Crippen LogP contribution in [-0.2, 0) is 11.3 Å². The van der Waals surface area contributed by atoms with Gasteiger partial charge in [0.15, 0.2) is 10.9 Å². The molecule has 10 heteroatoms. The molecule has 0 saturated carbocycles. The van der Waals surface area contributed by atoms with E-state index in [9.17, 15) is 18.8 Å². The first-order valence-corrected chi connectivity index (χ1v) is 12.2. The summed E-state index contributed by atoms with van der Waals surface area (Å²) < 4.78 is 16.7. The molecule has 0 aliphatic carbocycles. The largest absolute Gasteiger partial charge is 0.366 e. The van der Waals surface area contributed by atoms with E-state index in [4.69, 9.17) is 0 Å². The smallest absolute Gasteiger partial charge is 0.272 e. The van der Waals surface area contributed by atoms with Gasteiger partial charge in [-0.3, -0.25) is 19.0 Å². The number of carbonyl (C=O) groups is 2. The number of Topliss-reactive ketones (excluding diaryl/α,β-unsaturated/α-hetero) is 1. The zero-order chi connectivity index (χ0) is 22.8. The summed E-state index contributed by atoms with van der Waals surface area (Å²) in [5.41, 5.74) is 1.37. The molecule has 3 heterocycles. The minimum atomic E-state index is -0.430. The third-order valence-electron chi connectivity index (χ3n) is 5.50. The summed E-state index contributed by atoms with van der Waals surface area (Å²) in [7, 11) is 0. The number of hydrogen-bond acceptors (Lipinski definition) is 7. The third-order valence-corrected chi connectivity index (χ3v) is 7.35. The molecule has 0 atom stereocenters. The van der Waals surface area contributed by atoms with E-state index in [1.165, 1.54) is 36.1 Å². The molecule has 0 spiro atoms. The van der Waals surface area contributed by atoms with Gasteiger partial charge < -0.3 is 9.80 Å². The van der Waals surface area contributed by atoms with Crippen molar-refractivity contribution in [1.29, 1.82) is 0 Å². The van der Waals surface area contributed by atoms with E-state index in [-0.39, 0.29) is 23.0 Å². The molecule has 1 aliphatic rings. The highest BCUT2D eigenvalue weighted by Gasteiger charge is 2.24. The maximum absolute atomic E-state index is 14.4. The lowest BCUT2D eigenvalue weighted by molar-refractivity contribution is -0.128. The van der Waals surface area contributed by atoms with Crippen LogP contribution < -0.4 is 10.5 Å². The summed E-state index contributed by atoms with van der Waals surface area (Å²) in [6, 6.07) is 6.32. The topological polar surface area (TPSA) is 75.5 Å². The first-order chi connectivity index (χ1) is 15.4. The Hall–Kier alpha value is -2.72. The fourth-order valence-corrected chi connectivity index (χ4v) is 5.45. The van der Waals surface area contributed by atoms with E-state index >= 15 is 0 Å². The molecule has 0 unspecified atom stereocenters. The Bertz CT molecular complexity index is 1230. The number of fused-ring (bicyclic) bond motifs is 1. The monoisotopic (exact) mass is 474 g/mol. The molecule has 1 fully saturated rings. The van der Waals surface area contributed by atoms with Crippen LogP contribution in [0.3, 0.4) is 0 Å². The van der Waals surface area contributed by atoms with Crippen molar-refractivity contribution in [1.82, 2.24) is 14.5 Å². The van der Waals surface area contributed by atoms with Crippen LogP contribution in [0.1, 0.15) is 24.2 Å². The van der Waals surface area contributed by atoms with E-state index in [2.05, 4.69) is 4.98 Å². The second-order valence-corrected chi connectivity index (χ2v) is 9.32. The van der Waals surface area contributed by atoms with Gasteiger partial charge in [0.05, 0.1) is 17.0 Å². The van der Waals surface area contributed by atoms with Crippen molar-refractivity contribution >= 4 is 50.7 Å². The maximum Gasteiger partial charge on any atom is 0.272 e. The van der Waals surface area contributed by atoms with Gasteiger partial charge >= 0.3 is 0 Å². The molecule has 168 valence electrons. The van der Waals surface area contributed by atoms with Crippen LogP contribution in [0, 0.1) is 5.82 Å². The number of thiophene rings is 1. The molecule has 32 heavy (non-hydrogen) atoms. The number of piperazine rings is 1. The van der Waals surface area contributed by atoms with Gasteiger partial charge in [-0.05, 0) is 43.5 Å². The predicted octanol–water partition coefficient (Wildman–Crippen LogP) is 3.26. The van der Waals surface area contributed by atoms with E-state index in [0.717, 1.165) is 0 Å². The van der Waals surface area contributed by atoms with Gasteiger partial charge in [0.25, 0.3) is 5.56 Å². The molecule has 1 aromatic carbocycles. The lowest BCUT2D eigenvalue weighted by Crippen LogP contribution is -2.49. The first kappa shape index (κ1) is 22.5. The Morgan fingerprint density at radius 2 is 1.94 bits per heavy atom. The van der Waals surface area contributed by atoms with Gasteiger partial charge in [-0.1, -0.05) is 11.8 Å². The molecule has 1 amide bonds. The number of anilines is 1. The Labute approximate surface area is 192 Å². The lowest BCUT2D eigenvalue weighted by atomic mass is 10.1. The average Bonchev–Trinajstić information content (AvgIpc) is 3.26. The third kappa shape index (κ3) is 4.42. The number of carbonyl (C=O) groups excluding carboxylic acids is 2. The van der Waals surface area contributed by atoms with Crippen molar-refractivity contribution in [3.8, 4) is 0 Å². The number of rotatable bonds is 6. The summed E-state index contributed by atoms with van der Waals surface area (Å²) in [6.07, 6.45) is 0. The molecule has 1 saturated heterocycles. The number of nitrogens with zero attached hydrogens (tertiary/aromatic N) is 4. The molecule has 0 bridgehead atoms. The van der Waals surface area contributed by atoms with Crippen molar-refractivity contribution in [2.45, 2.75) is 25.5 Å². The second-order valence-electron chi connectivity index (χ2n) is 7.46.